The predicted molar refractivity (Wildman–Crippen MR) is 155 cm³/mol. The number of hydrogen-bond donors (Lipinski definition) is 1. The summed E-state index contributed by atoms with van der Waals surface area (Å²) >= 11 is 6.37. The lowest BCUT2D eigenvalue weighted by atomic mass is 9.81. The molecule has 1 N–H and O–H groups in total. The van der Waals surface area contributed by atoms with Gasteiger partial charge < -0.3 is 10.0 Å². The van der Waals surface area contributed by atoms with E-state index < -0.39 is 11.4 Å². The van der Waals surface area contributed by atoms with Gasteiger partial charge in [0.1, 0.15) is 0 Å². The third kappa shape index (κ3) is 5.43. The van der Waals surface area contributed by atoms with Crippen LogP contribution in [-0.4, -0.2) is 40.6 Å². The Morgan fingerprint density at radius 2 is 1.79 bits per heavy atom. The van der Waals surface area contributed by atoms with Crippen molar-refractivity contribution < 1.29 is 9.90 Å². The number of pyridine rings is 1. The number of likely N-dealkylation sites (tertiary alicyclic amines) is 1. The molecule has 3 aromatic rings. The van der Waals surface area contributed by atoms with Crippen LogP contribution in [0.15, 0.2) is 60.3 Å². The van der Waals surface area contributed by atoms with Crippen LogP contribution < -0.4 is 0 Å². The fourth-order valence-corrected chi connectivity index (χ4v) is 6.33. The van der Waals surface area contributed by atoms with E-state index in [0.29, 0.717) is 0 Å². The molecule has 1 aliphatic carbocycles. The molecule has 0 atom stereocenters. The van der Waals surface area contributed by atoms with E-state index in [0.717, 1.165) is 80.0 Å². The number of aromatic nitrogens is 1. The van der Waals surface area contributed by atoms with Gasteiger partial charge in [-0.25, -0.2) is 0 Å². The van der Waals surface area contributed by atoms with Crippen molar-refractivity contribution in [1.29, 1.82) is 0 Å². The molecule has 2 aromatic carbocycles. The Bertz CT molecular complexity index is 1380. The molecule has 0 unspecified atom stereocenters. The second-order valence-electron chi connectivity index (χ2n) is 11.3. The van der Waals surface area contributed by atoms with Gasteiger partial charge in [-0.1, -0.05) is 47.5 Å². The molecular formula is C33H37ClN2O2. The highest BCUT2D eigenvalue weighted by atomic mass is 35.5. The number of nitrogens with zero attached hydrogens (tertiary/aromatic N) is 2. The first-order valence-corrected chi connectivity index (χ1v) is 14.1. The van der Waals surface area contributed by atoms with Gasteiger partial charge in [-0.2, -0.15) is 0 Å². The number of piperidine rings is 1. The molecule has 0 saturated carbocycles. The number of halogens is 1. The van der Waals surface area contributed by atoms with E-state index in [1.165, 1.54) is 33.4 Å². The van der Waals surface area contributed by atoms with Crippen molar-refractivity contribution in [1.82, 2.24) is 9.88 Å². The maximum Gasteiger partial charge on any atom is 0.313 e. The zero-order valence-corrected chi connectivity index (χ0v) is 23.4. The van der Waals surface area contributed by atoms with Crippen molar-refractivity contribution in [2.45, 2.75) is 64.7 Å². The Morgan fingerprint density at radius 3 is 2.53 bits per heavy atom. The molecule has 0 bridgehead atoms. The normalized spacial score (nSPS) is 16.1. The largest absolute Gasteiger partial charge is 0.481 e. The zero-order chi connectivity index (χ0) is 26.9. The van der Waals surface area contributed by atoms with Gasteiger partial charge in [-0.3, -0.25) is 9.78 Å². The molecular weight excluding hydrogens is 492 g/mol. The van der Waals surface area contributed by atoms with Gasteiger partial charge in [0.15, 0.2) is 0 Å². The molecule has 0 radical (unpaired) electrons. The van der Waals surface area contributed by atoms with Crippen LogP contribution in [0.3, 0.4) is 0 Å². The predicted octanol–water partition coefficient (Wildman–Crippen LogP) is 7.03. The number of fused-ring (bicyclic) bond motifs is 2. The Balaban J connectivity index is 1.26. The van der Waals surface area contributed by atoms with Gasteiger partial charge in [0, 0.05) is 29.9 Å². The van der Waals surface area contributed by atoms with Crippen LogP contribution in [0.4, 0.5) is 0 Å². The number of carboxylic acid groups (broad SMARTS) is 1. The fourth-order valence-electron chi connectivity index (χ4n) is 6.13. The number of rotatable bonds is 6. The zero-order valence-electron chi connectivity index (χ0n) is 22.7. The number of aliphatic carboxylic acids is 1. The minimum absolute atomic E-state index is 0.789. The van der Waals surface area contributed by atoms with Crippen LogP contribution >= 0.6 is 11.6 Å². The molecule has 1 saturated heterocycles. The van der Waals surface area contributed by atoms with Crippen molar-refractivity contribution in [2.75, 3.05) is 19.6 Å². The monoisotopic (exact) mass is 528 g/mol. The quantitative estimate of drug-likeness (QED) is 0.373. The molecule has 2 heterocycles. The van der Waals surface area contributed by atoms with E-state index in [1.807, 2.05) is 25.3 Å². The minimum atomic E-state index is -0.872. The van der Waals surface area contributed by atoms with Gasteiger partial charge in [0.05, 0.1) is 11.1 Å². The van der Waals surface area contributed by atoms with Crippen LogP contribution in [0.5, 0.6) is 0 Å². The van der Waals surface area contributed by atoms with Gasteiger partial charge in [0.25, 0.3) is 0 Å². The van der Waals surface area contributed by atoms with Crippen molar-refractivity contribution in [3.05, 3.63) is 104 Å². The topological polar surface area (TPSA) is 53.4 Å². The molecule has 198 valence electrons. The Hall–Kier alpha value is -2.95. The summed E-state index contributed by atoms with van der Waals surface area (Å²) in [6, 6.07) is 16.9. The molecule has 1 fully saturated rings. The second-order valence-corrected chi connectivity index (χ2v) is 11.8. The van der Waals surface area contributed by atoms with Gasteiger partial charge in [-0.15, -0.1) is 0 Å². The molecule has 5 heteroatoms. The fraction of sp³-hybridized carbons (Fsp3) is 0.394. The van der Waals surface area contributed by atoms with Crippen molar-refractivity contribution in [2.24, 2.45) is 0 Å². The Kier molecular flexibility index (Phi) is 7.74. The summed E-state index contributed by atoms with van der Waals surface area (Å²) in [7, 11) is 0. The first kappa shape index (κ1) is 26.6. The van der Waals surface area contributed by atoms with E-state index in [2.05, 4.69) is 41.3 Å². The van der Waals surface area contributed by atoms with E-state index in [-0.39, 0.29) is 0 Å². The first-order valence-electron chi connectivity index (χ1n) is 13.7. The minimum Gasteiger partial charge on any atom is -0.481 e. The van der Waals surface area contributed by atoms with Gasteiger partial charge >= 0.3 is 5.97 Å². The Labute approximate surface area is 231 Å². The molecule has 1 aliphatic heterocycles. The number of carbonyl (C=O) groups is 1. The maximum absolute atomic E-state index is 11.7. The number of hydrogen-bond acceptors (Lipinski definition) is 3. The highest BCUT2D eigenvalue weighted by molar-refractivity contribution is 6.30. The average molecular weight is 529 g/mol. The lowest BCUT2D eigenvalue weighted by molar-refractivity contribution is -0.142. The highest BCUT2D eigenvalue weighted by Crippen LogP contribution is 2.38. The standard InChI is InChI=1S/C33H37ClN2O2/c1-22-20-23(8-13-29(22)33(2,3)32(37)38)6-5-17-36-18-14-24(15-19-36)30-28-12-11-27(34)21-26(28)10-9-25-7-4-16-35-31(25)30/h4,7-8,11-13,16,20-21H,5-6,9-10,14-15,17-19H2,1-3H3,(H,37,38). The summed E-state index contributed by atoms with van der Waals surface area (Å²) in [5, 5.41) is 10.4. The molecule has 2 aliphatic rings. The van der Waals surface area contributed by atoms with Crippen LogP contribution in [0.1, 0.15) is 72.2 Å². The van der Waals surface area contributed by atoms with Gasteiger partial charge in [0.2, 0.25) is 0 Å². The number of aryl methyl sites for hydroxylation is 4. The van der Waals surface area contributed by atoms with Crippen LogP contribution in [0, 0.1) is 6.92 Å². The molecule has 1 aromatic heterocycles. The molecule has 5 rings (SSSR count). The lowest BCUT2D eigenvalue weighted by Gasteiger charge is -2.30. The summed E-state index contributed by atoms with van der Waals surface area (Å²) < 4.78 is 0. The third-order valence-electron chi connectivity index (χ3n) is 8.38. The summed E-state index contributed by atoms with van der Waals surface area (Å²) in [4.78, 5) is 19.1. The molecule has 0 spiro atoms. The first-order chi connectivity index (χ1) is 18.2. The smallest absolute Gasteiger partial charge is 0.313 e. The van der Waals surface area contributed by atoms with Crippen molar-refractivity contribution in [3.63, 3.8) is 0 Å². The molecule has 4 nitrogen and oxygen atoms in total. The second kappa shape index (κ2) is 11.0. The lowest BCUT2D eigenvalue weighted by Crippen LogP contribution is -2.32. The SMILES string of the molecule is Cc1cc(CCCN2CCC(=C3c4ccc(Cl)cc4CCc4cccnc43)CC2)ccc1C(C)(C)C(=O)O. The van der Waals surface area contributed by atoms with E-state index in [4.69, 9.17) is 16.6 Å². The van der Waals surface area contributed by atoms with E-state index in [1.54, 1.807) is 13.8 Å². The Morgan fingerprint density at radius 1 is 1.03 bits per heavy atom. The maximum atomic E-state index is 11.7. The molecule has 0 amide bonds. The summed E-state index contributed by atoms with van der Waals surface area (Å²) in [6.07, 6.45) is 8.13. The van der Waals surface area contributed by atoms with E-state index in [9.17, 15) is 9.90 Å². The average Bonchev–Trinajstić information content (AvgIpc) is 3.05. The van der Waals surface area contributed by atoms with Crippen molar-refractivity contribution >= 4 is 23.1 Å². The van der Waals surface area contributed by atoms with E-state index >= 15 is 0 Å². The third-order valence-corrected chi connectivity index (χ3v) is 8.62. The summed E-state index contributed by atoms with van der Waals surface area (Å²) in [5.74, 6) is -0.789. The highest BCUT2D eigenvalue weighted by Gasteiger charge is 2.31. The summed E-state index contributed by atoms with van der Waals surface area (Å²) in [6.45, 7) is 8.77. The van der Waals surface area contributed by atoms with Crippen LogP contribution in [0.25, 0.3) is 5.57 Å². The van der Waals surface area contributed by atoms with Crippen molar-refractivity contribution in [3.8, 4) is 0 Å². The van der Waals surface area contributed by atoms with Crippen LogP contribution in [0.2, 0.25) is 5.02 Å². The number of benzene rings is 2. The van der Waals surface area contributed by atoms with Crippen LogP contribution in [-0.2, 0) is 29.5 Å². The summed E-state index contributed by atoms with van der Waals surface area (Å²) in [5.41, 5.74) is 10.3. The van der Waals surface area contributed by atoms with Gasteiger partial charge in [-0.05, 0) is 117 Å². The number of carboxylic acids is 1. The molecule has 38 heavy (non-hydrogen) atoms.